The van der Waals surface area contributed by atoms with Gasteiger partial charge in [-0.2, -0.15) is 15.0 Å². The summed E-state index contributed by atoms with van der Waals surface area (Å²) in [4.78, 5) is 20.3. The van der Waals surface area contributed by atoms with E-state index in [2.05, 4.69) is 29.7 Å². The molecule has 15 heteroatoms. The molecule has 3 saturated heterocycles. The van der Waals surface area contributed by atoms with E-state index in [4.69, 9.17) is 50.9 Å². The highest BCUT2D eigenvalue weighted by Gasteiger charge is 2.22. The highest BCUT2D eigenvalue weighted by molar-refractivity contribution is 8.24. The molecule has 0 bridgehead atoms. The second kappa shape index (κ2) is 13.1. The average Bonchev–Trinajstić information content (AvgIpc) is 2.85. The Bertz CT molecular complexity index is 740. The van der Waals surface area contributed by atoms with Crippen LogP contribution in [-0.4, -0.2) is 122 Å². The van der Waals surface area contributed by atoms with Crippen molar-refractivity contribution in [3.05, 3.63) is 0 Å². The van der Waals surface area contributed by atoms with Gasteiger partial charge in [0.05, 0.1) is 39.6 Å². The molecule has 0 aromatic carbocycles. The van der Waals surface area contributed by atoms with E-state index in [9.17, 15) is 0 Å². The lowest BCUT2D eigenvalue weighted by Gasteiger charge is -2.29. The van der Waals surface area contributed by atoms with Crippen molar-refractivity contribution in [2.45, 2.75) is 15.5 Å². The summed E-state index contributed by atoms with van der Waals surface area (Å²) in [6.45, 7) is 8.61. The zero-order chi connectivity index (χ0) is 23.0. The summed E-state index contributed by atoms with van der Waals surface area (Å²) in [6.07, 6.45) is 0. The molecule has 3 fully saturated rings. The van der Waals surface area contributed by atoms with E-state index >= 15 is 0 Å². The minimum atomic E-state index is 0.543. The Morgan fingerprint density at radius 2 is 0.758 bits per heavy atom. The van der Waals surface area contributed by atoms with Crippen molar-refractivity contribution in [3.8, 4) is 0 Å². The standard InChI is InChI=1S/C18H24N6O3S6/c28-16(22-1-7-25-8-2-22)31-13-19-14(32-17(29)23-3-9-26-10-4-23)21-15(20-13)33-18(30)24-5-11-27-12-6-24/h1-12H2. The molecule has 4 rings (SSSR count). The molecule has 0 unspecified atom stereocenters. The largest absolute Gasteiger partial charge is 0.378 e. The smallest absolute Gasteiger partial charge is 0.199 e. The van der Waals surface area contributed by atoms with Gasteiger partial charge in [-0.15, -0.1) is 0 Å². The Kier molecular flexibility index (Phi) is 10.2. The second-order valence-electron chi connectivity index (χ2n) is 7.09. The van der Waals surface area contributed by atoms with Crippen molar-refractivity contribution in [1.29, 1.82) is 0 Å². The first-order valence-corrected chi connectivity index (χ1v) is 14.2. The highest BCUT2D eigenvalue weighted by Crippen LogP contribution is 2.28. The third kappa shape index (κ3) is 7.80. The molecule has 0 atom stereocenters. The van der Waals surface area contributed by atoms with Crippen LogP contribution in [0.2, 0.25) is 0 Å². The molecular formula is C18H24N6O3S6. The van der Waals surface area contributed by atoms with E-state index < -0.39 is 0 Å². The molecule has 3 aliphatic heterocycles. The van der Waals surface area contributed by atoms with Gasteiger partial charge in [0.2, 0.25) is 0 Å². The normalized spacial score (nSPS) is 19.5. The van der Waals surface area contributed by atoms with Crippen LogP contribution in [0.5, 0.6) is 0 Å². The van der Waals surface area contributed by atoms with Crippen LogP contribution in [0.4, 0.5) is 0 Å². The summed E-state index contributed by atoms with van der Waals surface area (Å²) in [5, 5.41) is 1.63. The van der Waals surface area contributed by atoms with Crippen molar-refractivity contribution in [2.24, 2.45) is 0 Å². The fraction of sp³-hybridized carbons (Fsp3) is 0.667. The van der Waals surface area contributed by atoms with Gasteiger partial charge >= 0.3 is 0 Å². The molecule has 3 aliphatic rings. The maximum absolute atomic E-state index is 5.65. The van der Waals surface area contributed by atoms with E-state index in [0.717, 1.165) is 52.2 Å². The molecule has 1 aromatic heterocycles. The molecule has 0 amide bonds. The first kappa shape index (κ1) is 25.7. The number of hydrogen-bond acceptors (Lipinski definition) is 12. The molecule has 0 aliphatic carbocycles. The minimum Gasteiger partial charge on any atom is -0.378 e. The molecule has 180 valence electrons. The average molecular weight is 565 g/mol. The highest BCUT2D eigenvalue weighted by atomic mass is 32.2. The van der Waals surface area contributed by atoms with Crippen LogP contribution < -0.4 is 0 Å². The fourth-order valence-corrected chi connectivity index (χ4v) is 6.71. The summed E-state index contributed by atoms with van der Waals surface area (Å²) in [6, 6.07) is 0. The quantitative estimate of drug-likeness (QED) is 0.396. The number of thiocarbonyl (C=S) groups is 3. The number of thioether (sulfide) groups is 3. The van der Waals surface area contributed by atoms with Crippen LogP contribution >= 0.6 is 71.9 Å². The first-order chi connectivity index (χ1) is 16.1. The monoisotopic (exact) mass is 564 g/mol. The molecule has 0 saturated carbocycles. The molecule has 1 aromatic rings. The summed E-state index contributed by atoms with van der Waals surface area (Å²) in [5.74, 6) is 0. The van der Waals surface area contributed by atoms with Gasteiger partial charge in [-0.25, -0.2) is 0 Å². The number of ether oxygens (including phenoxy) is 3. The van der Waals surface area contributed by atoms with E-state index in [1.54, 1.807) is 0 Å². The molecule has 33 heavy (non-hydrogen) atoms. The van der Waals surface area contributed by atoms with Gasteiger partial charge in [0.1, 0.15) is 13.0 Å². The van der Waals surface area contributed by atoms with E-state index in [0.29, 0.717) is 55.1 Å². The van der Waals surface area contributed by atoms with Gasteiger partial charge in [0, 0.05) is 39.3 Å². The molecular weight excluding hydrogens is 541 g/mol. The number of aromatic nitrogens is 3. The Morgan fingerprint density at radius 3 is 1.00 bits per heavy atom. The van der Waals surface area contributed by atoms with Crippen LogP contribution in [0.25, 0.3) is 0 Å². The van der Waals surface area contributed by atoms with Crippen LogP contribution in [0, 0.1) is 0 Å². The zero-order valence-corrected chi connectivity index (χ0v) is 22.7. The minimum absolute atomic E-state index is 0.543. The van der Waals surface area contributed by atoms with Crippen LogP contribution in [0.1, 0.15) is 0 Å². The van der Waals surface area contributed by atoms with Crippen molar-refractivity contribution in [1.82, 2.24) is 29.7 Å². The van der Waals surface area contributed by atoms with Crippen LogP contribution in [0.3, 0.4) is 0 Å². The molecule has 0 N–H and O–H groups in total. The third-order valence-electron chi connectivity index (χ3n) is 4.92. The Morgan fingerprint density at radius 1 is 0.515 bits per heavy atom. The van der Waals surface area contributed by atoms with Crippen molar-refractivity contribution in [3.63, 3.8) is 0 Å². The SMILES string of the molecule is S=C(Sc1nc(SC(=S)N2CCOCC2)nc(SC(=S)N2CCOCC2)n1)N1CCOCC1. The first-order valence-electron chi connectivity index (χ1n) is 10.5. The van der Waals surface area contributed by atoms with Gasteiger partial charge in [-0.3, -0.25) is 0 Å². The Hall–Kier alpha value is -0.390. The fourth-order valence-electron chi connectivity index (χ4n) is 3.12. The van der Waals surface area contributed by atoms with Crippen molar-refractivity contribution in [2.75, 3.05) is 78.9 Å². The Labute approximate surface area is 222 Å². The van der Waals surface area contributed by atoms with Crippen molar-refractivity contribution >= 4 is 84.9 Å². The lowest BCUT2D eigenvalue weighted by molar-refractivity contribution is 0.0702. The summed E-state index contributed by atoms with van der Waals surface area (Å²) in [7, 11) is 0. The van der Waals surface area contributed by atoms with E-state index in [1.165, 1.54) is 35.3 Å². The number of morpholine rings is 3. The van der Waals surface area contributed by atoms with Crippen LogP contribution in [-0.2, 0) is 14.2 Å². The predicted molar refractivity (Wildman–Crippen MR) is 142 cm³/mol. The van der Waals surface area contributed by atoms with Gasteiger partial charge in [-0.05, 0) is 35.3 Å². The maximum Gasteiger partial charge on any atom is 0.199 e. The lowest BCUT2D eigenvalue weighted by atomic mass is 10.5. The molecule has 0 spiro atoms. The van der Waals surface area contributed by atoms with Gasteiger partial charge in [-0.1, -0.05) is 36.7 Å². The number of rotatable bonds is 3. The lowest BCUT2D eigenvalue weighted by Crippen LogP contribution is -2.39. The number of nitrogens with zero attached hydrogens (tertiary/aromatic N) is 6. The zero-order valence-electron chi connectivity index (χ0n) is 17.8. The van der Waals surface area contributed by atoms with E-state index in [-0.39, 0.29) is 0 Å². The van der Waals surface area contributed by atoms with Gasteiger partial charge in [0.25, 0.3) is 0 Å². The summed E-state index contributed by atoms with van der Waals surface area (Å²) < 4.78 is 18.5. The molecule has 0 radical (unpaired) electrons. The van der Waals surface area contributed by atoms with Crippen molar-refractivity contribution < 1.29 is 14.2 Å². The molecule has 4 heterocycles. The number of hydrogen-bond donors (Lipinski definition) is 0. The molecule has 9 nitrogen and oxygen atoms in total. The van der Waals surface area contributed by atoms with Crippen LogP contribution in [0.15, 0.2) is 15.5 Å². The van der Waals surface area contributed by atoms with Gasteiger partial charge in [0.15, 0.2) is 15.5 Å². The maximum atomic E-state index is 5.65. The van der Waals surface area contributed by atoms with E-state index in [1.807, 2.05) is 0 Å². The third-order valence-corrected chi connectivity index (χ3v) is 8.84. The summed E-state index contributed by atoms with van der Waals surface area (Å²) >= 11 is 21.0. The predicted octanol–water partition coefficient (Wildman–Crippen LogP) is 2.00. The second-order valence-corrected chi connectivity index (χ2v) is 11.9. The topological polar surface area (TPSA) is 76.1 Å². The Balaban J connectivity index is 1.48. The van der Waals surface area contributed by atoms with Gasteiger partial charge < -0.3 is 28.9 Å². The summed E-state index contributed by atoms with van der Waals surface area (Å²) in [5.41, 5.74) is 0.